The number of imidazole rings is 1. The molecule has 1 fully saturated rings. The third-order valence-corrected chi connectivity index (χ3v) is 7.17. The van der Waals surface area contributed by atoms with Crippen LogP contribution in [0.15, 0.2) is 59.1 Å². The van der Waals surface area contributed by atoms with Crippen LogP contribution in [0.25, 0.3) is 28.2 Å². The maximum absolute atomic E-state index is 12.6. The molecule has 0 saturated heterocycles. The van der Waals surface area contributed by atoms with Crippen molar-refractivity contribution in [1.29, 1.82) is 0 Å². The van der Waals surface area contributed by atoms with Gasteiger partial charge in [0, 0.05) is 5.92 Å². The minimum absolute atomic E-state index is 0.00441. The number of carbonyl (C=O) groups excluding carboxylic acids is 1. The molecule has 182 valence electrons. The lowest BCUT2D eigenvalue weighted by Gasteiger charge is -2.41. The number of furan rings is 1. The van der Waals surface area contributed by atoms with E-state index in [1.807, 2.05) is 34.7 Å². The molecule has 0 radical (unpaired) electrons. The van der Waals surface area contributed by atoms with Gasteiger partial charge in [0.2, 0.25) is 11.4 Å². The second-order valence-corrected chi connectivity index (χ2v) is 11.1. The van der Waals surface area contributed by atoms with Crippen LogP contribution >= 0.6 is 7.60 Å². The number of pyridine rings is 1. The third-order valence-electron chi connectivity index (χ3n) is 6.35. The second-order valence-electron chi connectivity index (χ2n) is 9.62. The van der Waals surface area contributed by atoms with Gasteiger partial charge in [-0.1, -0.05) is 19.9 Å². The minimum Gasteiger partial charge on any atom is -0.496 e. The molecule has 10 heteroatoms. The van der Waals surface area contributed by atoms with Gasteiger partial charge in [0.25, 0.3) is 0 Å². The number of carbonyl (C=O) groups is 1. The van der Waals surface area contributed by atoms with Gasteiger partial charge < -0.3 is 24.3 Å². The first-order valence-corrected chi connectivity index (χ1v) is 12.8. The molecule has 0 spiro atoms. The highest BCUT2D eigenvalue weighted by molar-refractivity contribution is 7.59. The van der Waals surface area contributed by atoms with E-state index in [-0.39, 0.29) is 23.0 Å². The number of amides is 1. The Kier molecular flexibility index (Phi) is 5.59. The van der Waals surface area contributed by atoms with Crippen LogP contribution in [0.2, 0.25) is 0 Å². The van der Waals surface area contributed by atoms with Crippen molar-refractivity contribution in [3.8, 4) is 28.3 Å². The van der Waals surface area contributed by atoms with Crippen LogP contribution in [0.4, 0.5) is 5.82 Å². The van der Waals surface area contributed by atoms with E-state index in [9.17, 15) is 19.1 Å². The summed E-state index contributed by atoms with van der Waals surface area (Å²) >= 11 is 0. The summed E-state index contributed by atoms with van der Waals surface area (Å²) in [6, 6.07) is 13.9. The van der Waals surface area contributed by atoms with Crippen LogP contribution in [0.3, 0.4) is 0 Å². The molecule has 5 rings (SSSR count). The lowest BCUT2D eigenvalue weighted by atomic mass is 9.64. The number of fused-ring (bicyclic) bond motifs is 1. The number of benzene rings is 1. The fourth-order valence-corrected chi connectivity index (χ4v) is 5.17. The molecule has 1 saturated carbocycles. The van der Waals surface area contributed by atoms with Gasteiger partial charge in [-0.3, -0.25) is 13.8 Å². The summed E-state index contributed by atoms with van der Waals surface area (Å²) in [5.41, 5.74) is 2.63. The zero-order valence-corrected chi connectivity index (χ0v) is 20.5. The van der Waals surface area contributed by atoms with E-state index >= 15 is 0 Å². The predicted molar refractivity (Wildman–Crippen MR) is 132 cm³/mol. The Bertz CT molecular complexity index is 1470. The zero-order chi connectivity index (χ0) is 25.0. The number of nitrogens with zero attached hydrogens (tertiary/aromatic N) is 2. The van der Waals surface area contributed by atoms with Crippen LogP contribution in [-0.2, 0) is 9.36 Å². The SMILES string of the molecule is COc1ccc(-c2cccc3nc(NC(=O)C4CC(C)(C)C4)cn23)cc1-c1ccc(P(=O)(O)O)o1. The maximum Gasteiger partial charge on any atom is 0.391 e. The van der Waals surface area contributed by atoms with Gasteiger partial charge in [0.05, 0.1) is 24.6 Å². The van der Waals surface area contributed by atoms with E-state index < -0.39 is 13.1 Å². The largest absolute Gasteiger partial charge is 0.496 e. The molecule has 9 nitrogen and oxygen atoms in total. The summed E-state index contributed by atoms with van der Waals surface area (Å²) in [6.45, 7) is 4.32. The van der Waals surface area contributed by atoms with E-state index in [4.69, 9.17) is 9.15 Å². The van der Waals surface area contributed by atoms with Crippen molar-refractivity contribution in [2.75, 3.05) is 12.4 Å². The highest BCUT2D eigenvalue weighted by Gasteiger charge is 2.40. The molecule has 0 aliphatic heterocycles. The molecule has 1 amide bonds. The zero-order valence-electron chi connectivity index (χ0n) is 19.6. The molecule has 3 N–H and O–H groups in total. The van der Waals surface area contributed by atoms with Gasteiger partial charge in [0.15, 0.2) is 5.82 Å². The average molecular weight is 495 g/mol. The summed E-state index contributed by atoms with van der Waals surface area (Å²) < 4.78 is 24.4. The van der Waals surface area contributed by atoms with Gasteiger partial charge in [-0.2, -0.15) is 0 Å². The van der Waals surface area contributed by atoms with Crippen molar-refractivity contribution in [3.63, 3.8) is 0 Å². The topological polar surface area (TPSA) is 126 Å². The number of nitrogens with one attached hydrogen (secondary N) is 1. The molecular weight excluding hydrogens is 469 g/mol. The van der Waals surface area contributed by atoms with Crippen molar-refractivity contribution in [2.45, 2.75) is 26.7 Å². The Balaban J connectivity index is 1.49. The van der Waals surface area contributed by atoms with E-state index in [0.717, 1.165) is 24.1 Å². The highest BCUT2D eigenvalue weighted by Crippen LogP contribution is 2.45. The first kappa shape index (κ1) is 23.4. The first-order chi connectivity index (χ1) is 16.5. The fraction of sp³-hybridized carbons (Fsp3) is 0.280. The average Bonchev–Trinajstić information content (AvgIpc) is 3.43. The van der Waals surface area contributed by atoms with Crippen LogP contribution < -0.4 is 15.6 Å². The summed E-state index contributed by atoms with van der Waals surface area (Å²) in [7, 11) is -3.01. The van der Waals surface area contributed by atoms with Crippen molar-refractivity contribution in [2.24, 2.45) is 11.3 Å². The molecule has 1 aliphatic rings. The Morgan fingerprint density at radius 1 is 1.20 bits per heavy atom. The Hall–Kier alpha value is -3.39. The summed E-state index contributed by atoms with van der Waals surface area (Å²) in [4.78, 5) is 36.0. The second kappa shape index (κ2) is 8.37. The summed E-state index contributed by atoms with van der Waals surface area (Å²) in [5.74, 6) is 1.24. The molecule has 0 atom stereocenters. The lowest BCUT2D eigenvalue weighted by molar-refractivity contribution is -0.126. The number of rotatable bonds is 6. The van der Waals surface area contributed by atoms with Crippen LogP contribution in [-0.4, -0.2) is 32.2 Å². The Labute approximate surface area is 201 Å². The number of methoxy groups -OCH3 is 1. The van der Waals surface area contributed by atoms with E-state index in [0.29, 0.717) is 22.8 Å². The van der Waals surface area contributed by atoms with E-state index in [1.54, 1.807) is 12.3 Å². The molecule has 4 aromatic rings. The van der Waals surface area contributed by atoms with Gasteiger partial charge in [-0.25, -0.2) is 4.98 Å². The van der Waals surface area contributed by atoms with Crippen molar-refractivity contribution in [3.05, 3.63) is 54.7 Å². The smallest absolute Gasteiger partial charge is 0.391 e. The standard InChI is InChI=1S/C25H26N3O6P/c1-25(2)12-16(13-25)24(29)27-21-14-28-18(5-4-6-22(28)26-21)15-7-8-19(33-3)17(11-15)20-9-10-23(34-20)35(30,31)32/h4-11,14,16H,12-13H2,1-3H3,(H,27,29)(H2,30,31,32). The monoisotopic (exact) mass is 495 g/mol. The van der Waals surface area contributed by atoms with E-state index in [2.05, 4.69) is 24.1 Å². The van der Waals surface area contributed by atoms with Gasteiger partial charge in [0.1, 0.15) is 17.2 Å². The molecule has 1 aromatic carbocycles. The number of ether oxygens (including phenoxy) is 1. The van der Waals surface area contributed by atoms with Crippen LogP contribution in [0, 0.1) is 11.3 Å². The molecule has 0 bridgehead atoms. The third kappa shape index (κ3) is 4.50. The summed E-state index contributed by atoms with van der Waals surface area (Å²) in [6.07, 6.45) is 3.51. The maximum atomic E-state index is 12.6. The van der Waals surface area contributed by atoms with Crippen molar-refractivity contribution >= 4 is 30.5 Å². The molecule has 35 heavy (non-hydrogen) atoms. The molecule has 0 unspecified atom stereocenters. The highest BCUT2D eigenvalue weighted by atomic mass is 31.2. The van der Waals surface area contributed by atoms with Crippen molar-refractivity contribution < 1.29 is 28.3 Å². The lowest BCUT2D eigenvalue weighted by Crippen LogP contribution is -2.39. The Morgan fingerprint density at radius 2 is 1.97 bits per heavy atom. The number of anilines is 1. The van der Waals surface area contributed by atoms with Crippen LogP contribution in [0.1, 0.15) is 26.7 Å². The first-order valence-electron chi connectivity index (χ1n) is 11.2. The van der Waals surface area contributed by atoms with E-state index in [1.165, 1.54) is 19.2 Å². The minimum atomic E-state index is -4.52. The summed E-state index contributed by atoms with van der Waals surface area (Å²) in [5, 5.41) is 2.94. The van der Waals surface area contributed by atoms with Crippen molar-refractivity contribution in [1.82, 2.24) is 9.38 Å². The predicted octanol–water partition coefficient (Wildman–Crippen LogP) is 4.45. The number of hydrogen-bond donors (Lipinski definition) is 3. The van der Waals surface area contributed by atoms with Gasteiger partial charge >= 0.3 is 7.60 Å². The quantitative estimate of drug-likeness (QED) is 0.338. The molecule has 1 aliphatic carbocycles. The molecule has 3 heterocycles. The fourth-order valence-electron chi connectivity index (χ4n) is 4.68. The number of hydrogen-bond acceptors (Lipinski definition) is 5. The molecular formula is C25H26N3O6P. The van der Waals surface area contributed by atoms with Crippen LogP contribution in [0.5, 0.6) is 5.75 Å². The van der Waals surface area contributed by atoms with Gasteiger partial charge in [-0.05, 0) is 66.3 Å². The number of aromatic nitrogens is 2. The molecule has 3 aromatic heterocycles. The normalized spacial score (nSPS) is 15.7. The van der Waals surface area contributed by atoms with Gasteiger partial charge in [-0.15, -0.1) is 0 Å². The Morgan fingerprint density at radius 3 is 2.63 bits per heavy atom.